The molecule has 0 N–H and O–H groups in total. The third kappa shape index (κ3) is 6.54. The van der Waals surface area contributed by atoms with E-state index in [9.17, 15) is 14.9 Å². The number of esters is 1. The Balaban J connectivity index is 2.00. The predicted molar refractivity (Wildman–Crippen MR) is 130 cm³/mol. The lowest BCUT2D eigenvalue weighted by Gasteiger charge is -2.38. The number of hydrogen-bond donors (Lipinski definition) is 0. The summed E-state index contributed by atoms with van der Waals surface area (Å²) >= 11 is 0. The Kier molecular flexibility index (Phi) is 9.29. The Morgan fingerprint density at radius 1 is 0.944 bits per heavy atom. The van der Waals surface area contributed by atoms with Crippen LogP contribution >= 0.6 is 0 Å². The van der Waals surface area contributed by atoms with Crippen LogP contribution in [0.25, 0.3) is 0 Å². The Morgan fingerprint density at radius 2 is 1.47 bits per heavy atom. The number of nitrogens with zero attached hydrogens (tertiary/aromatic N) is 3. The van der Waals surface area contributed by atoms with Gasteiger partial charge in [0, 0.05) is 18.5 Å². The first-order valence-electron chi connectivity index (χ1n) is 11.5. The van der Waals surface area contributed by atoms with Crippen LogP contribution in [-0.4, -0.2) is 47.5 Å². The second kappa shape index (κ2) is 12.6. The molecular weight excluding hydrogens is 466 g/mol. The van der Waals surface area contributed by atoms with Crippen LogP contribution in [0.5, 0.6) is 6.01 Å². The van der Waals surface area contributed by atoms with Crippen LogP contribution in [0, 0.1) is 24.0 Å². The number of aryl methyl sites for hydroxylation is 2. The molecule has 10 heteroatoms. The fourth-order valence-corrected chi connectivity index (χ4v) is 3.92. The van der Waals surface area contributed by atoms with Crippen LogP contribution in [0.15, 0.2) is 66.7 Å². The molecule has 3 rings (SSSR count). The molecule has 0 aliphatic rings. The number of rotatable bonds is 13. The molecular formula is C26H29N3O7. The van der Waals surface area contributed by atoms with Gasteiger partial charge >= 0.3 is 12.0 Å². The lowest BCUT2D eigenvalue weighted by atomic mass is 9.81. The zero-order valence-electron chi connectivity index (χ0n) is 20.5. The van der Waals surface area contributed by atoms with E-state index in [4.69, 9.17) is 14.2 Å². The quantitative estimate of drug-likeness (QED) is 0.150. The van der Waals surface area contributed by atoms with E-state index in [0.717, 1.165) is 0 Å². The van der Waals surface area contributed by atoms with E-state index in [2.05, 4.69) is 14.8 Å². The van der Waals surface area contributed by atoms with E-state index in [1.54, 1.807) is 19.9 Å². The molecule has 0 aliphatic heterocycles. The fraction of sp³-hybridized carbons (Fsp3) is 0.346. The minimum Gasteiger partial charge on any atom is -0.463 e. The van der Waals surface area contributed by atoms with Gasteiger partial charge in [0.05, 0.1) is 13.2 Å². The number of unbranched alkanes of at least 4 members (excludes halogenated alkanes) is 1. The van der Waals surface area contributed by atoms with Gasteiger partial charge in [0.15, 0.2) is 5.60 Å². The number of benzene rings is 2. The first-order chi connectivity index (χ1) is 17.4. The van der Waals surface area contributed by atoms with Crippen molar-refractivity contribution >= 4 is 5.97 Å². The Hall–Kier alpha value is -4.05. The lowest BCUT2D eigenvalue weighted by molar-refractivity contribution is -0.757. The second-order valence-electron chi connectivity index (χ2n) is 8.03. The summed E-state index contributed by atoms with van der Waals surface area (Å²) in [5, 5.41) is 9.46. The molecule has 10 nitrogen and oxygen atoms in total. The molecule has 1 atom stereocenters. The minimum absolute atomic E-state index is 0.0108. The van der Waals surface area contributed by atoms with Crippen molar-refractivity contribution in [2.24, 2.45) is 0 Å². The summed E-state index contributed by atoms with van der Waals surface area (Å²) in [5.41, 5.74) is 1.31. The van der Waals surface area contributed by atoms with Crippen molar-refractivity contribution in [2.75, 3.05) is 20.3 Å². The van der Waals surface area contributed by atoms with Crippen LogP contribution in [-0.2, 0) is 24.7 Å². The van der Waals surface area contributed by atoms with Gasteiger partial charge in [0.1, 0.15) is 0 Å². The van der Waals surface area contributed by atoms with Crippen molar-refractivity contribution in [1.82, 2.24) is 9.97 Å². The normalized spacial score (nSPS) is 12.0. The molecule has 0 saturated carbocycles. The summed E-state index contributed by atoms with van der Waals surface area (Å²) in [5.74, 6) is -0.692. The monoisotopic (exact) mass is 495 g/mol. The smallest absolute Gasteiger partial charge is 0.351 e. The third-order valence-electron chi connectivity index (χ3n) is 5.48. The summed E-state index contributed by atoms with van der Waals surface area (Å²) in [4.78, 5) is 36.9. The molecule has 3 aromatic rings. The highest BCUT2D eigenvalue weighted by atomic mass is 16.9. The summed E-state index contributed by atoms with van der Waals surface area (Å²) in [7, 11) is 1.50. The standard InChI is InChI=1S/C26H29N3O7/c1-19-18-20(2)28-25(27-19)36-23(24(30)34-16-10-11-17-35-29(31)32)26(33-3,21-12-6-4-7-13-21)22-14-8-5-9-15-22/h4-9,12-15,18,23H,10-11,16-17H2,1-3H3/t23-/m1/s1. The van der Waals surface area contributed by atoms with Gasteiger partial charge in [-0.2, -0.15) is 0 Å². The topological polar surface area (TPSA) is 123 Å². The Bertz CT molecular complexity index is 1080. The molecule has 0 bridgehead atoms. The zero-order chi connectivity index (χ0) is 26.0. The van der Waals surface area contributed by atoms with Crippen molar-refractivity contribution in [2.45, 2.75) is 38.4 Å². The summed E-state index contributed by atoms with van der Waals surface area (Å²) < 4.78 is 17.9. The van der Waals surface area contributed by atoms with Crippen LogP contribution in [0.1, 0.15) is 35.4 Å². The average molecular weight is 496 g/mol. The van der Waals surface area contributed by atoms with Gasteiger partial charge in [0.2, 0.25) is 6.10 Å². The molecule has 190 valence electrons. The predicted octanol–water partition coefficient (Wildman–Crippen LogP) is 3.96. The molecule has 2 aromatic carbocycles. The van der Waals surface area contributed by atoms with E-state index < -0.39 is 22.8 Å². The van der Waals surface area contributed by atoms with Gasteiger partial charge in [-0.1, -0.05) is 60.7 Å². The van der Waals surface area contributed by atoms with Crippen molar-refractivity contribution in [3.8, 4) is 6.01 Å². The maximum absolute atomic E-state index is 13.6. The number of methoxy groups -OCH3 is 1. The van der Waals surface area contributed by atoms with Crippen molar-refractivity contribution in [3.63, 3.8) is 0 Å². The first kappa shape index (κ1) is 26.6. The molecule has 1 aromatic heterocycles. The molecule has 0 unspecified atom stereocenters. The van der Waals surface area contributed by atoms with Gasteiger partial charge in [-0.25, -0.2) is 14.8 Å². The summed E-state index contributed by atoms with van der Waals surface area (Å²) in [6.07, 6.45) is -0.612. The molecule has 1 heterocycles. The number of hydrogen-bond acceptors (Lipinski definition) is 9. The average Bonchev–Trinajstić information content (AvgIpc) is 2.86. The molecule has 0 spiro atoms. The van der Waals surface area contributed by atoms with Crippen LogP contribution in [0.3, 0.4) is 0 Å². The van der Waals surface area contributed by atoms with E-state index >= 15 is 0 Å². The van der Waals surface area contributed by atoms with E-state index in [1.165, 1.54) is 7.11 Å². The second-order valence-corrected chi connectivity index (χ2v) is 8.03. The van der Waals surface area contributed by atoms with Gasteiger partial charge in [-0.15, -0.1) is 10.1 Å². The van der Waals surface area contributed by atoms with Gasteiger partial charge in [-0.05, 0) is 43.9 Å². The highest BCUT2D eigenvalue weighted by Gasteiger charge is 2.50. The number of ether oxygens (including phenoxy) is 3. The van der Waals surface area contributed by atoms with Gasteiger partial charge < -0.3 is 19.0 Å². The molecule has 36 heavy (non-hydrogen) atoms. The number of carbonyl (C=O) groups is 1. The third-order valence-corrected chi connectivity index (χ3v) is 5.48. The van der Waals surface area contributed by atoms with Crippen molar-refractivity contribution in [1.29, 1.82) is 0 Å². The van der Waals surface area contributed by atoms with E-state index in [0.29, 0.717) is 35.4 Å². The summed E-state index contributed by atoms with van der Waals surface area (Å²) in [6, 6.07) is 20.3. The maximum Gasteiger partial charge on any atom is 0.351 e. The Labute approximate surface area is 209 Å². The Morgan fingerprint density at radius 3 is 1.97 bits per heavy atom. The molecule has 0 radical (unpaired) electrons. The van der Waals surface area contributed by atoms with Gasteiger partial charge in [0.25, 0.3) is 5.09 Å². The van der Waals surface area contributed by atoms with Crippen molar-refractivity contribution in [3.05, 3.63) is 99.4 Å². The first-order valence-corrected chi connectivity index (χ1v) is 11.5. The number of carbonyl (C=O) groups excluding carboxylic acids is 1. The maximum atomic E-state index is 13.6. The zero-order valence-corrected chi connectivity index (χ0v) is 20.5. The van der Waals surface area contributed by atoms with Crippen LogP contribution in [0.4, 0.5) is 0 Å². The fourth-order valence-electron chi connectivity index (χ4n) is 3.92. The van der Waals surface area contributed by atoms with E-state index in [1.807, 2.05) is 60.7 Å². The number of aromatic nitrogens is 2. The van der Waals surface area contributed by atoms with Gasteiger partial charge in [-0.3, -0.25) is 0 Å². The SMILES string of the molecule is COC(c1ccccc1)(c1ccccc1)[C@H](Oc1nc(C)cc(C)n1)C(=O)OCCCCO[N+](=O)[O-]. The highest BCUT2D eigenvalue weighted by Crippen LogP contribution is 2.39. The van der Waals surface area contributed by atoms with Crippen molar-refractivity contribution < 1.29 is 28.9 Å². The van der Waals surface area contributed by atoms with Crippen LogP contribution in [0.2, 0.25) is 0 Å². The minimum atomic E-state index is -1.39. The van der Waals surface area contributed by atoms with Crippen LogP contribution < -0.4 is 4.74 Å². The summed E-state index contributed by atoms with van der Waals surface area (Å²) in [6.45, 7) is 3.54. The highest BCUT2D eigenvalue weighted by molar-refractivity contribution is 5.78. The largest absolute Gasteiger partial charge is 0.463 e. The van der Waals surface area contributed by atoms with E-state index in [-0.39, 0.29) is 19.2 Å². The lowest BCUT2D eigenvalue weighted by Crippen LogP contribution is -2.51. The molecule has 0 fully saturated rings. The molecule has 0 amide bonds. The molecule has 0 aliphatic carbocycles. The molecule has 0 saturated heterocycles.